The minimum Gasteiger partial charge on any atom is -0.379 e. The third-order valence-electron chi connectivity index (χ3n) is 4.39. The SMILES string of the molecule is [B]c1ccc(S(=O)(=O)Oc2ccc(N=Cc3cccc4ccccc34)cc2)cc1. The van der Waals surface area contributed by atoms with Gasteiger partial charge in [-0.1, -0.05) is 60.1 Å². The fourth-order valence-electron chi connectivity index (χ4n) is 2.90. The van der Waals surface area contributed by atoms with Crippen LogP contribution in [0, 0.1) is 0 Å². The van der Waals surface area contributed by atoms with Crippen LogP contribution in [0.3, 0.4) is 0 Å². The number of nitrogens with zero attached hydrogens (tertiary/aromatic N) is 1. The summed E-state index contributed by atoms with van der Waals surface area (Å²) in [5, 5.41) is 2.27. The van der Waals surface area contributed by atoms with Gasteiger partial charge in [-0.2, -0.15) is 8.42 Å². The number of hydrogen-bond donors (Lipinski definition) is 0. The van der Waals surface area contributed by atoms with E-state index in [-0.39, 0.29) is 10.6 Å². The molecule has 4 rings (SSSR count). The van der Waals surface area contributed by atoms with Crippen LogP contribution in [0.4, 0.5) is 5.69 Å². The molecular formula is C23H16BNO3S. The predicted molar refractivity (Wildman–Crippen MR) is 117 cm³/mol. The van der Waals surface area contributed by atoms with Crippen molar-refractivity contribution in [1.29, 1.82) is 0 Å². The largest absolute Gasteiger partial charge is 0.379 e. The predicted octanol–water partition coefficient (Wildman–Crippen LogP) is 4.15. The molecule has 0 heterocycles. The molecule has 0 fully saturated rings. The number of aliphatic imine (C=N–C) groups is 1. The molecule has 29 heavy (non-hydrogen) atoms. The van der Waals surface area contributed by atoms with Crippen LogP contribution in [0.2, 0.25) is 0 Å². The average molecular weight is 397 g/mol. The highest BCUT2D eigenvalue weighted by molar-refractivity contribution is 7.87. The molecule has 140 valence electrons. The summed E-state index contributed by atoms with van der Waals surface area (Å²) in [6, 6.07) is 26.6. The van der Waals surface area contributed by atoms with Gasteiger partial charge in [-0.05, 0) is 47.2 Å². The topological polar surface area (TPSA) is 55.7 Å². The Hall–Kier alpha value is -3.38. The van der Waals surface area contributed by atoms with Crippen LogP contribution in [-0.4, -0.2) is 22.5 Å². The van der Waals surface area contributed by atoms with E-state index in [1.54, 1.807) is 30.5 Å². The number of hydrogen-bond acceptors (Lipinski definition) is 4. The lowest BCUT2D eigenvalue weighted by Gasteiger charge is -2.07. The van der Waals surface area contributed by atoms with Crippen molar-refractivity contribution in [3.05, 3.63) is 96.6 Å². The Kier molecular flexibility index (Phi) is 5.19. The lowest BCUT2D eigenvalue weighted by Crippen LogP contribution is -2.11. The minimum atomic E-state index is -3.92. The summed E-state index contributed by atoms with van der Waals surface area (Å²) in [6.45, 7) is 0. The summed E-state index contributed by atoms with van der Waals surface area (Å²) < 4.78 is 29.9. The zero-order valence-corrected chi connectivity index (χ0v) is 16.2. The Morgan fingerprint density at radius 2 is 1.48 bits per heavy atom. The molecule has 0 aromatic heterocycles. The molecule has 0 bridgehead atoms. The Balaban J connectivity index is 1.52. The monoisotopic (exact) mass is 397 g/mol. The Bertz CT molecular complexity index is 1280. The van der Waals surface area contributed by atoms with Crippen LogP contribution in [0.15, 0.2) is 101 Å². The van der Waals surface area contributed by atoms with Crippen LogP contribution in [-0.2, 0) is 10.1 Å². The molecule has 0 saturated carbocycles. The lowest BCUT2D eigenvalue weighted by atomic mass is 9.97. The maximum Gasteiger partial charge on any atom is 0.339 e. The highest BCUT2D eigenvalue weighted by atomic mass is 32.2. The summed E-state index contributed by atoms with van der Waals surface area (Å²) in [5.41, 5.74) is 2.18. The number of rotatable bonds is 5. The maximum atomic E-state index is 12.3. The molecule has 0 amide bonds. The van der Waals surface area contributed by atoms with Gasteiger partial charge in [-0.15, -0.1) is 0 Å². The van der Waals surface area contributed by atoms with Gasteiger partial charge in [0.25, 0.3) is 0 Å². The van der Waals surface area contributed by atoms with Crippen molar-refractivity contribution in [3.63, 3.8) is 0 Å². The van der Waals surface area contributed by atoms with Crippen molar-refractivity contribution in [2.45, 2.75) is 4.90 Å². The van der Waals surface area contributed by atoms with Crippen molar-refractivity contribution in [3.8, 4) is 5.75 Å². The van der Waals surface area contributed by atoms with E-state index in [9.17, 15) is 8.42 Å². The van der Waals surface area contributed by atoms with Gasteiger partial charge in [-0.25, -0.2) is 0 Å². The zero-order valence-electron chi connectivity index (χ0n) is 15.4. The van der Waals surface area contributed by atoms with Gasteiger partial charge in [-0.3, -0.25) is 4.99 Å². The maximum absolute atomic E-state index is 12.3. The summed E-state index contributed by atoms with van der Waals surface area (Å²) in [4.78, 5) is 4.53. The molecule has 0 spiro atoms. The molecule has 4 aromatic rings. The van der Waals surface area contributed by atoms with E-state index >= 15 is 0 Å². The number of fused-ring (bicyclic) bond motifs is 1. The molecule has 4 nitrogen and oxygen atoms in total. The van der Waals surface area contributed by atoms with Crippen LogP contribution >= 0.6 is 0 Å². The van der Waals surface area contributed by atoms with Gasteiger partial charge in [0, 0.05) is 11.8 Å². The molecule has 6 heteroatoms. The van der Waals surface area contributed by atoms with Crippen molar-refractivity contribution >= 4 is 46.1 Å². The summed E-state index contributed by atoms with van der Waals surface area (Å²) >= 11 is 0. The molecular weight excluding hydrogens is 381 g/mol. The van der Waals surface area contributed by atoms with Gasteiger partial charge in [0.15, 0.2) is 0 Å². The minimum absolute atomic E-state index is 0.0461. The van der Waals surface area contributed by atoms with E-state index in [1.165, 1.54) is 24.3 Å². The molecule has 2 radical (unpaired) electrons. The quantitative estimate of drug-likeness (QED) is 0.289. The van der Waals surface area contributed by atoms with Gasteiger partial charge in [0.2, 0.25) is 0 Å². The second-order valence-electron chi connectivity index (χ2n) is 6.43. The van der Waals surface area contributed by atoms with E-state index < -0.39 is 10.1 Å². The van der Waals surface area contributed by atoms with Gasteiger partial charge < -0.3 is 4.18 Å². The summed E-state index contributed by atoms with van der Waals surface area (Å²) in [6.07, 6.45) is 1.79. The Morgan fingerprint density at radius 3 is 2.24 bits per heavy atom. The molecule has 0 aliphatic rings. The summed E-state index contributed by atoms with van der Waals surface area (Å²) in [7, 11) is 1.67. The van der Waals surface area contributed by atoms with Crippen LogP contribution < -0.4 is 9.65 Å². The first-order chi connectivity index (χ1) is 14.0. The Labute approximate surface area is 171 Å². The smallest absolute Gasteiger partial charge is 0.339 e. The zero-order chi connectivity index (χ0) is 20.3. The van der Waals surface area contributed by atoms with E-state index in [0.29, 0.717) is 11.2 Å². The van der Waals surface area contributed by atoms with Crippen molar-refractivity contribution in [1.82, 2.24) is 0 Å². The normalized spacial score (nSPS) is 11.7. The first kappa shape index (κ1) is 19.0. The summed E-state index contributed by atoms with van der Waals surface area (Å²) in [5.74, 6) is 0.214. The second kappa shape index (κ2) is 7.93. The second-order valence-corrected chi connectivity index (χ2v) is 7.97. The van der Waals surface area contributed by atoms with Crippen molar-refractivity contribution in [2.24, 2.45) is 4.99 Å². The van der Waals surface area contributed by atoms with Crippen molar-refractivity contribution in [2.75, 3.05) is 0 Å². The van der Waals surface area contributed by atoms with Crippen LogP contribution in [0.25, 0.3) is 10.8 Å². The molecule has 0 atom stereocenters. The van der Waals surface area contributed by atoms with E-state index in [2.05, 4.69) is 23.2 Å². The lowest BCUT2D eigenvalue weighted by molar-refractivity contribution is 0.486. The molecule has 0 N–H and O–H groups in total. The fourth-order valence-corrected chi connectivity index (χ4v) is 3.83. The van der Waals surface area contributed by atoms with Crippen LogP contribution in [0.5, 0.6) is 5.75 Å². The molecule has 0 aliphatic heterocycles. The van der Waals surface area contributed by atoms with E-state index in [1.807, 2.05) is 24.3 Å². The van der Waals surface area contributed by atoms with Gasteiger partial charge in [0.1, 0.15) is 18.5 Å². The molecule has 0 aliphatic carbocycles. The van der Waals surface area contributed by atoms with E-state index in [4.69, 9.17) is 12.0 Å². The Morgan fingerprint density at radius 1 is 0.793 bits per heavy atom. The average Bonchev–Trinajstić information content (AvgIpc) is 2.73. The standard InChI is InChI=1S/C23H16BNO3S/c24-19-8-14-22(15-9-19)29(26,27)28-21-12-10-20(11-13-21)25-16-18-6-3-5-17-4-1-2-7-23(17)18/h1-16H. The molecule has 0 saturated heterocycles. The first-order valence-corrected chi connectivity index (χ1v) is 10.3. The molecule has 4 aromatic carbocycles. The van der Waals surface area contributed by atoms with Gasteiger partial charge >= 0.3 is 10.1 Å². The van der Waals surface area contributed by atoms with Crippen molar-refractivity contribution < 1.29 is 12.6 Å². The van der Waals surface area contributed by atoms with Gasteiger partial charge in [0.05, 0.1) is 5.69 Å². The molecule has 0 unspecified atom stereocenters. The third-order valence-corrected chi connectivity index (χ3v) is 5.65. The highest BCUT2D eigenvalue weighted by Gasteiger charge is 2.16. The third kappa shape index (κ3) is 4.38. The number of benzene rings is 4. The highest BCUT2D eigenvalue weighted by Crippen LogP contribution is 2.23. The first-order valence-electron chi connectivity index (χ1n) is 8.93. The fraction of sp³-hybridized carbons (Fsp3) is 0. The van der Waals surface area contributed by atoms with E-state index in [0.717, 1.165) is 16.3 Å². The van der Waals surface area contributed by atoms with Crippen LogP contribution in [0.1, 0.15) is 5.56 Å².